The van der Waals surface area contributed by atoms with E-state index < -0.39 is 0 Å². The van der Waals surface area contributed by atoms with Crippen LogP contribution < -0.4 is 5.32 Å². The van der Waals surface area contributed by atoms with Crippen molar-refractivity contribution < 1.29 is 5.11 Å². The minimum absolute atomic E-state index is 0.156. The van der Waals surface area contributed by atoms with Crippen molar-refractivity contribution in [1.29, 1.82) is 5.26 Å². The maximum atomic E-state index is 9.42. The first-order valence-corrected chi connectivity index (χ1v) is 4.13. The van der Waals surface area contributed by atoms with E-state index in [1.807, 2.05) is 6.07 Å². The highest BCUT2D eigenvalue weighted by Crippen LogP contribution is 2.17. The van der Waals surface area contributed by atoms with Crippen LogP contribution in [0.15, 0.2) is 0 Å². The molecule has 0 aromatic rings. The van der Waals surface area contributed by atoms with Crippen molar-refractivity contribution in [2.24, 2.45) is 0 Å². The second-order valence-corrected chi connectivity index (χ2v) is 3.00. The van der Waals surface area contributed by atoms with E-state index in [2.05, 4.69) is 5.32 Å². The highest BCUT2D eigenvalue weighted by molar-refractivity contribution is 4.84. The topological polar surface area (TPSA) is 56.0 Å². The molecule has 0 radical (unpaired) electrons. The maximum absolute atomic E-state index is 9.42. The van der Waals surface area contributed by atoms with E-state index in [9.17, 15) is 5.11 Å². The molecule has 3 heteroatoms. The molecule has 0 unspecified atom stereocenters. The lowest BCUT2D eigenvalue weighted by atomic mass is 9.93. The Hall–Kier alpha value is -0.590. The van der Waals surface area contributed by atoms with Crippen molar-refractivity contribution in [2.45, 2.75) is 37.8 Å². The molecule has 0 aromatic heterocycles. The van der Waals surface area contributed by atoms with Crippen molar-refractivity contribution in [3.63, 3.8) is 0 Å². The summed E-state index contributed by atoms with van der Waals surface area (Å²) in [5.41, 5.74) is 0. The molecule has 1 aliphatic rings. The van der Waals surface area contributed by atoms with E-state index >= 15 is 0 Å². The molecule has 2 atom stereocenters. The van der Waals surface area contributed by atoms with Gasteiger partial charge in [0.1, 0.15) is 0 Å². The molecule has 0 bridgehead atoms. The minimum Gasteiger partial charge on any atom is -0.392 e. The average molecular weight is 154 g/mol. The SMILES string of the molecule is N#CCN[C@@H]1CCCC[C@H]1O. The second kappa shape index (κ2) is 4.32. The van der Waals surface area contributed by atoms with Crippen LogP contribution in [0.2, 0.25) is 0 Å². The number of hydrogen-bond acceptors (Lipinski definition) is 3. The van der Waals surface area contributed by atoms with Crippen LogP contribution in [0, 0.1) is 11.3 Å². The molecule has 0 saturated heterocycles. The van der Waals surface area contributed by atoms with Crippen molar-refractivity contribution in [3.05, 3.63) is 0 Å². The number of nitrogens with zero attached hydrogens (tertiary/aromatic N) is 1. The summed E-state index contributed by atoms with van der Waals surface area (Å²) in [7, 11) is 0. The fourth-order valence-electron chi connectivity index (χ4n) is 1.53. The Bertz CT molecular complexity index is 153. The highest BCUT2D eigenvalue weighted by atomic mass is 16.3. The Morgan fingerprint density at radius 1 is 1.45 bits per heavy atom. The number of aliphatic hydroxyl groups is 1. The molecule has 1 fully saturated rings. The van der Waals surface area contributed by atoms with Gasteiger partial charge in [-0.1, -0.05) is 12.8 Å². The molecule has 1 aliphatic carbocycles. The zero-order chi connectivity index (χ0) is 8.10. The molecule has 0 aliphatic heterocycles. The molecule has 0 amide bonds. The van der Waals surface area contributed by atoms with Gasteiger partial charge in [0.05, 0.1) is 18.7 Å². The van der Waals surface area contributed by atoms with Gasteiger partial charge in [0, 0.05) is 6.04 Å². The van der Waals surface area contributed by atoms with Gasteiger partial charge in [-0.2, -0.15) is 5.26 Å². The molecule has 1 rings (SSSR count). The summed E-state index contributed by atoms with van der Waals surface area (Å²) in [6.45, 7) is 0.349. The first-order valence-electron chi connectivity index (χ1n) is 4.13. The smallest absolute Gasteiger partial charge is 0.0843 e. The third-order valence-electron chi connectivity index (χ3n) is 2.17. The molecule has 11 heavy (non-hydrogen) atoms. The Morgan fingerprint density at radius 3 is 2.82 bits per heavy atom. The first kappa shape index (κ1) is 8.51. The van der Waals surface area contributed by atoms with Crippen molar-refractivity contribution in [2.75, 3.05) is 6.54 Å². The Kier molecular flexibility index (Phi) is 3.34. The molecular formula is C8H14N2O. The zero-order valence-corrected chi connectivity index (χ0v) is 6.58. The van der Waals surface area contributed by atoms with Gasteiger partial charge < -0.3 is 5.11 Å². The summed E-state index contributed by atoms with van der Waals surface area (Å²) in [5, 5.41) is 20.7. The van der Waals surface area contributed by atoms with E-state index in [0.29, 0.717) is 6.54 Å². The average Bonchev–Trinajstić information content (AvgIpc) is 2.03. The summed E-state index contributed by atoms with van der Waals surface area (Å²) in [5.74, 6) is 0. The molecule has 2 N–H and O–H groups in total. The van der Waals surface area contributed by atoms with Crippen molar-refractivity contribution in [1.82, 2.24) is 5.32 Å². The fourth-order valence-corrected chi connectivity index (χ4v) is 1.53. The molecule has 62 valence electrons. The van der Waals surface area contributed by atoms with E-state index in [4.69, 9.17) is 5.26 Å². The lowest BCUT2D eigenvalue weighted by Gasteiger charge is -2.27. The summed E-state index contributed by atoms with van der Waals surface area (Å²) < 4.78 is 0. The Balaban J connectivity index is 2.25. The Morgan fingerprint density at radius 2 is 2.18 bits per heavy atom. The molecule has 0 aromatic carbocycles. The van der Waals surface area contributed by atoms with Gasteiger partial charge in [0.2, 0.25) is 0 Å². The second-order valence-electron chi connectivity index (χ2n) is 3.00. The number of nitriles is 1. The number of aliphatic hydroxyl groups excluding tert-OH is 1. The number of nitrogens with one attached hydrogen (secondary N) is 1. The quantitative estimate of drug-likeness (QED) is 0.566. The minimum atomic E-state index is -0.239. The Labute approximate surface area is 67.0 Å². The molecule has 3 nitrogen and oxygen atoms in total. The monoisotopic (exact) mass is 154 g/mol. The van der Waals surface area contributed by atoms with Crippen LogP contribution in [0.5, 0.6) is 0 Å². The predicted molar refractivity (Wildman–Crippen MR) is 41.9 cm³/mol. The largest absolute Gasteiger partial charge is 0.392 e. The zero-order valence-electron chi connectivity index (χ0n) is 6.58. The maximum Gasteiger partial charge on any atom is 0.0843 e. The van der Waals surface area contributed by atoms with E-state index in [-0.39, 0.29) is 12.1 Å². The molecular weight excluding hydrogens is 140 g/mol. The van der Waals surface area contributed by atoms with Crippen LogP contribution >= 0.6 is 0 Å². The summed E-state index contributed by atoms with van der Waals surface area (Å²) in [6.07, 6.45) is 3.93. The van der Waals surface area contributed by atoms with Gasteiger partial charge in [0.25, 0.3) is 0 Å². The van der Waals surface area contributed by atoms with Gasteiger partial charge in [0.15, 0.2) is 0 Å². The van der Waals surface area contributed by atoms with Crippen molar-refractivity contribution >= 4 is 0 Å². The van der Waals surface area contributed by atoms with Gasteiger partial charge in [-0.05, 0) is 12.8 Å². The van der Waals surface area contributed by atoms with Crippen LogP contribution in [0.25, 0.3) is 0 Å². The molecule has 0 spiro atoms. The van der Waals surface area contributed by atoms with Crippen LogP contribution in [-0.4, -0.2) is 23.8 Å². The van der Waals surface area contributed by atoms with Gasteiger partial charge in [-0.3, -0.25) is 5.32 Å². The lowest BCUT2D eigenvalue weighted by molar-refractivity contribution is 0.0931. The van der Waals surface area contributed by atoms with Gasteiger partial charge in [-0.25, -0.2) is 0 Å². The molecule has 1 saturated carbocycles. The standard InChI is InChI=1S/C8H14N2O/c9-5-6-10-7-3-1-2-4-8(7)11/h7-8,10-11H,1-4,6H2/t7-,8-/m1/s1. The predicted octanol–water partition coefficient (Wildman–Crippen LogP) is 0.403. The number of rotatable bonds is 2. The van der Waals surface area contributed by atoms with E-state index in [1.165, 1.54) is 6.42 Å². The fraction of sp³-hybridized carbons (Fsp3) is 0.875. The summed E-state index contributed by atoms with van der Waals surface area (Å²) in [6, 6.07) is 2.17. The van der Waals surface area contributed by atoms with Gasteiger partial charge in [-0.15, -0.1) is 0 Å². The lowest BCUT2D eigenvalue weighted by Crippen LogP contribution is -2.42. The summed E-state index contributed by atoms with van der Waals surface area (Å²) in [4.78, 5) is 0. The highest BCUT2D eigenvalue weighted by Gasteiger charge is 2.21. The van der Waals surface area contributed by atoms with Crippen molar-refractivity contribution in [3.8, 4) is 6.07 Å². The third-order valence-corrected chi connectivity index (χ3v) is 2.17. The van der Waals surface area contributed by atoms with Crippen LogP contribution in [0.3, 0.4) is 0 Å². The normalized spacial score (nSPS) is 31.3. The van der Waals surface area contributed by atoms with Crippen LogP contribution in [0.1, 0.15) is 25.7 Å². The van der Waals surface area contributed by atoms with E-state index in [0.717, 1.165) is 19.3 Å². The molecule has 0 heterocycles. The van der Waals surface area contributed by atoms with Crippen LogP contribution in [0.4, 0.5) is 0 Å². The summed E-state index contributed by atoms with van der Waals surface area (Å²) >= 11 is 0. The first-order chi connectivity index (χ1) is 5.34. The van der Waals surface area contributed by atoms with Gasteiger partial charge >= 0.3 is 0 Å². The third kappa shape index (κ3) is 2.49. The van der Waals surface area contributed by atoms with Crippen LogP contribution in [-0.2, 0) is 0 Å². The number of hydrogen-bond donors (Lipinski definition) is 2. The van der Waals surface area contributed by atoms with E-state index in [1.54, 1.807) is 0 Å².